The minimum atomic E-state index is -0.273. The summed E-state index contributed by atoms with van der Waals surface area (Å²) in [6.45, 7) is 5.75. The number of ether oxygens (including phenoxy) is 1. The van der Waals surface area contributed by atoms with Gasteiger partial charge in [-0.3, -0.25) is 4.79 Å². The maximum atomic E-state index is 14.3. The molecule has 1 aromatic rings. The molecule has 5 heteroatoms. The normalized spacial score (nSPS) is 17.0. The lowest BCUT2D eigenvalue weighted by molar-refractivity contribution is -0.105. The van der Waals surface area contributed by atoms with Gasteiger partial charge in [0, 0.05) is 6.07 Å². The summed E-state index contributed by atoms with van der Waals surface area (Å²) >= 11 is 0. The van der Waals surface area contributed by atoms with Crippen LogP contribution in [0.4, 0.5) is 10.1 Å². The molecule has 1 fully saturated rings. The number of anilines is 1. The molecule has 1 heterocycles. The largest absolute Gasteiger partial charge is 0.489 e. The first-order valence-electron chi connectivity index (χ1n) is 7.40. The van der Waals surface area contributed by atoms with E-state index in [1.807, 2.05) is 13.8 Å². The Morgan fingerprint density at radius 3 is 2.62 bits per heavy atom. The fourth-order valence-electron chi connectivity index (χ4n) is 2.73. The zero-order valence-electron chi connectivity index (χ0n) is 12.9. The average Bonchev–Trinajstić information content (AvgIpc) is 2.42. The minimum absolute atomic E-state index is 0.0343. The van der Waals surface area contributed by atoms with E-state index in [4.69, 9.17) is 4.74 Å². The lowest BCUT2D eigenvalue weighted by Gasteiger charge is -2.30. The smallest absolute Gasteiger partial charge is 0.211 e. The van der Waals surface area contributed by atoms with Crippen molar-refractivity contribution >= 4 is 12.1 Å². The second-order valence-corrected chi connectivity index (χ2v) is 5.88. The summed E-state index contributed by atoms with van der Waals surface area (Å²) in [5, 5.41) is 2.51. The quantitative estimate of drug-likeness (QED) is 0.849. The van der Waals surface area contributed by atoms with Gasteiger partial charge < -0.3 is 15.0 Å². The number of likely N-dealkylation sites (tertiary alicyclic amines) is 1. The number of nitrogens with zero attached hydrogens (tertiary/aromatic N) is 1. The molecule has 2 rings (SSSR count). The van der Waals surface area contributed by atoms with Crippen LogP contribution in [0.5, 0.6) is 5.75 Å². The molecular weight excluding hydrogens is 271 g/mol. The fourth-order valence-corrected chi connectivity index (χ4v) is 2.73. The van der Waals surface area contributed by atoms with E-state index in [1.165, 1.54) is 6.07 Å². The van der Waals surface area contributed by atoms with Crippen LogP contribution in [0.2, 0.25) is 0 Å². The Labute approximate surface area is 125 Å². The van der Waals surface area contributed by atoms with Crippen molar-refractivity contribution in [3.8, 4) is 5.75 Å². The minimum Gasteiger partial charge on any atom is -0.489 e. The number of piperidine rings is 1. The summed E-state index contributed by atoms with van der Waals surface area (Å²) in [7, 11) is 2.08. The van der Waals surface area contributed by atoms with E-state index >= 15 is 0 Å². The van der Waals surface area contributed by atoms with Gasteiger partial charge in [0.05, 0.1) is 11.8 Å². The molecule has 0 aromatic heterocycles. The van der Waals surface area contributed by atoms with Crippen molar-refractivity contribution in [2.75, 3.05) is 25.5 Å². The average molecular weight is 294 g/mol. The topological polar surface area (TPSA) is 41.6 Å². The lowest BCUT2D eigenvalue weighted by Crippen LogP contribution is -2.29. The van der Waals surface area contributed by atoms with E-state index < -0.39 is 0 Å². The van der Waals surface area contributed by atoms with Crippen LogP contribution in [0.1, 0.15) is 38.2 Å². The molecule has 1 aliphatic heterocycles. The number of carbonyl (C=O) groups excluding carboxylic acids is 1. The fraction of sp³-hybridized carbons (Fsp3) is 0.562. The molecule has 0 saturated carbocycles. The van der Waals surface area contributed by atoms with Crippen LogP contribution in [0.25, 0.3) is 0 Å². The molecule has 21 heavy (non-hydrogen) atoms. The van der Waals surface area contributed by atoms with Crippen molar-refractivity contribution in [1.29, 1.82) is 0 Å². The van der Waals surface area contributed by atoms with Gasteiger partial charge in [-0.2, -0.15) is 0 Å². The number of carbonyl (C=O) groups is 1. The van der Waals surface area contributed by atoms with Gasteiger partial charge >= 0.3 is 0 Å². The van der Waals surface area contributed by atoms with Crippen molar-refractivity contribution in [3.05, 3.63) is 23.5 Å². The van der Waals surface area contributed by atoms with E-state index in [1.54, 1.807) is 6.07 Å². The third-order valence-corrected chi connectivity index (χ3v) is 3.83. The van der Waals surface area contributed by atoms with E-state index in [0.717, 1.165) is 25.9 Å². The Balaban J connectivity index is 2.30. The van der Waals surface area contributed by atoms with Gasteiger partial charge in [0.15, 0.2) is 0 Å². The van der Waals surface area contributed by atoms with Gasteiger partial charge in [-0.1, -0.05) is 0 Å². The zero-order chi connectivity index (χ0) is 15.4. The molecular formula is C16H23FN2O2. The van der Waals surface area contributed by atoms with Gasteiger partial charge in [-0.15, -0.1) is 0 Å². The van der Waals surface area contributed by atoms with Crippen molar-refractivity contribution in [2.45, 2.75) is 38.7 Å². The highest BCUT2D eigenvalue weighted by atomic mass is 19.1. The second kappa shape index (κ2) is 6.89. The molecule has 0 bridgehead atoms. The van der Waals surface area contributed by atoms with Gasteiger partial charge in [-0.05, 0) is 64.4 Å². The van der Waals surface area contributed by atoms with E-state index in [-0.39, 0.29) is 17.8 Å². The highest BCUT2D eigenvalue weighted by molar-refractivity contribution is 5.75. The van der Waals surface area contributed by atoms with E-state index in [9.17, 15) is 9.18 Å². The lowest BCUT2D eigenvalue weighted by atomic mass is 9.89. The highest BCUT2D eigenvalue weighted by Gasteiger charge is 2.23. The highest BCUT2D eigenvalue weighted by Crippen LogP contribution is 2.36. The monoisotopic (exact) mass is 294 g/mol. The molecule has 0 aliphatic carbocycles. The maximum Gasteiger partial charge on any atom is 0.211 e. The number of hydrogen-bond donors (Lipinski definition) is 1. The number of halogens is 1. The van der Waals surface area contributed by atoms with Crippen LogP contribution < -0.4 is 10.1 Å². The van der Waals surface area contributed by atoms with Crippen molar-refractivity contribution in [3.63, 3.8) is 0 Å². The third-order valence-electron chi connectivity index (χ3n) is 3.83. The summed E-state index contributed by atoms with van der Waals surface area (Å²) < 4.78 is 20.1. The second-order valence-electron chi connectivity index (χ2n) is 5.88. The van der Waals surface area contributed by atoms with Gasteiger partial charge in [0.1, 0.15) is 11.6 Å². The van der Waals surface area contributed by atoms with Gasteiger partial charge in [0.25, 0.3) is 0 Å². The summed E-state index contributed by atoms with van der Waals surface area (Å²) in [4.78, 5) is 12.9. The molecule has 0 spiro atoms. The number of nitrogens with one attached hydrogen (secondary N) is 1. The van der Waals surface area contributed by atoms with E-state index in [2.05, 4.69) is 17.3 Å². The number of rotatable bonds is 5. The zero-order valence-corrected chi connectivity index (χ0v) is 12.9. The Morgan fingerprint density at radius 2 is 2.05 bits per heavy atom. The molecule has 116 valence electrons. The number of hydrogen-bond acceptors (Lipinski definition) is 3. The molecule has 1 aliphatic rings. The first kappa shape index (κ1) is 15.8. The van der Waals surface area contributed by atoms with Crippen LogP contribution in [-0.2, 0) is 4.79 Å². The summed E-state index contributed by atoms with van der Waals surface area (Å²) in [6, 6.07) is 3.11. The molecule has 1 N–H and O–H groups in total. The third kappa shape index (κ3) is 3.94. The molecule has 0 atom stereocenters. The standard InChI is InChI=1S/C16H23FN2O2/c1-11(2)21-16-8-13(12-4-6-19(3)7-5-12)14(17)9-15(16)18-10-20/h8-12H,4-7H2,1-3H3,(H,18,20). The maximum absolute atomic E-state index is 14.3. The summed E-state index contributed by atoms with van der Waals surface area (Å²) in [5.74, 6) is 0.471. The Morgan fingerprint density at radius 1 is 1.38 bits per heavy atom. The molecule has 1 amide bonds. The molecule has 0 unspecified atom stereocenters. The van der Waals surface area contributed by atoms with Crippen molar-refractivity contribution in [2.24, 2.45) is 0 Å². The molecule has 4 nitrogen and oxygen atoms in total. The van der Waals surface area contributed by atoms with Crippen LogP contribution in [0.15, 0.2) is 12.1 Å². The van der Waals surface area contributed by atoms with Crippen LogP contribution >= 0.6 is 0 Å². The first-order valence-corrected chi connectivity index (χ1v) is 7.40. The van der Waals surface area contributed by atoms with Gasteiger partial charge in [-0.25, -0.2) is 4.39 Å². The molecule has 1 aromatic carbocycles. The Hall–Kier alpha value is -1.62. The Kier molecular flexibility index (Phi) is 5.17. The predicted octanol–water partition coefficient (Wildman–Crippen LogP) is 2.99. The van der Waals surface area contributed by atoms with Crippen molar-refractivity contribution < 1.29 is 13.9 Å². The summed E-state index contributed by atoms with van der Waals surface area (Å²) in [6.07, 6.45) is 2.38. The Bertz CT molecular complexity index is 497. The molecule has 0 radical (unpaired) electrons. The number of amides is 1. The summed E-state index contributed by atoms with van der Waals surface area (Å²) in [5.41, 5.74) is 1.07. The van der Waals surface area contributed by atoms with Gasteiger partial charge in [0.2, 0.25) is 6.41 Å². The predicted molar refractivity (Wildman–Crippen MR) is 81.3 cm³/mol. The van der Waals surface area contributed by atoms with Crippen LogP contribution in [-0.4, -0.2) is 37.6 Å². The van der Waals surface area contributed by atoms with Crippen LogP contribution in [0, 0.1) is 5.82 Å². The van der Waals surface area contributed by atoms with Crippen LogP contribution in [0.3, 0.4) is 0 Å². The van der Waals surface area contributed by atoms with Crippen molar-refractivity contribution in [1.82, 2.24) is 4.90 Å². The number of benzene rings is 1. The SMILES string of the molecule is CC(C)Oc1cc(C2CCN(C)CC2)c(F)cc1NC=O. The first-order chi connectivity index (χ1) is 10.0. The molecule has 1 saturated heterocycles. The van der Waals surface area contributed by atoms with E-state index in [0.29, 0.717) is 23.4 Å².